The lowest BCUT2D eigenvalue weighted by molar-refractivity contribution is 0.0941. The molecule has 3 aromatic heterocycles. The van der Waals surface area contributed by atoms with Crippen LogP contribution >= 0.6 is 0 Å². The number of carbonyl (C=O) groups is 1. The second kappa shape index (κ2) is 10.2. The molecule has 0 atom stereocenters. The minimum absolute atomic E-state index is 0.182. The molecule has 32 heavy (non-hydrogen) atoms. The van der Waals surface area contributed by atoms with Gasteiger partial charge in [-0.1, -0.05) is 30.3 Å². The number of rotatable bonds is 9. The van der Waals surface area contributed by atoms with Crippen molar-refractivity contribution < 1.29 is 18.8 Å². The summed E-state index contributed by atoms with van der Waals surface area (Å²) >= 11 is 0. The maximum Gasteiger partial charge on any atom is 0.273 e. The van der Waals surface area contributed by atoms with Crippen molar-refractivity contribution in [3.63, 3.8) is 0 Å². The van der Waals surface area contributed by atoms with Crippen LogP contribution in [0.25, 0.3) is 11.3 Å². The van der Waals surface area contributed by atoms with E-state index in [1.807, 2.05) is 37.3 Å². The van der Waals surface area contributed by atoms with E-state index in [0.29, 0.717) is 35.3 Å². The normalized spacial score (nSPS) is 10.5. The van der Waals surface area contributed by atoms with Gasteiger partial charge in [0.1, 0.15) is 0 Å². The zero-order chi connectivity index (χ0) is 22.2. The Morgan fingerprint density at radius 3 is 2.66 bits per heavy atom. The number of carbonyl (C=O) groups excluding carboxylic acids is 1. The van der Waals surface area contributed by atoms with Gasteiger partial charge in [0.15, 0.2) is 23.0 Å². The number of hydrogen-bond acceptors (Lipinski definition) is 7. The monoisotopic (exact) mass is 430 g/mol. The third-order valence-electron chi connectivity index (χ3n) is 4.51. The maximum atomic E-state index is 12.6. The van der Waals surface area contributed by atoms with Crippen molar-refractivity contribution in [2.75, 3.05) is 6.61 Å². The first kappa shape index (κ1) is 21.0. The van der Waals surface area contributed by atoms with Gasteiger partial charge in [0.05, 0.1) is 6.61 Å². The fourth-order valence-corrected chi connectivity index (χ4v) is 2.92. The summed E-state index contributed by atoms with van der Waals surface area (Å²) in [6, 6.07) is 16.2. The fraction of sp³-hybridized carbons (Fsp3) is 0.167. The SMILES string of the molecule is CCCOc1ccccc1Oc1ncccc1CNC(=O)c1cc(-c2ccncc2)on1. The first-order valence-corrected chi connectivity index (χ1v) is 10.2. The zero-order valence-corrected chi connectivity index (χ0v) is 17.5. The lowest BCUT2D eigenvalue weighted by atomic mass is 10.2. The molecule has 4 rings (SSSR count). The summed E-state index contributed by atoms with van der Waals surface area (Å²) in [6.45, 7) is 2.83. The van der Waals surface area contributed by atoms with Crippen LogP contribution in [0.3, 0.4) is 0 Å². The van der Waals surface area contributed by atoms with E-state index >= 15 is 0 Å². The van der Waals surface area contributed by atoms with Crippen molar-refractivity contribution in [3.8, 4) is 28.7 Å². The van der Waals surface area contributed by atoms with Gasteiger partial charge in [0, 0.05) is 42.3 Å². The summed E-state index contributed by atoms with van der Waals surface area (Å²) in [5.74, 6) is 1.71. The molecular formula is C24H22N4O4. The molecule has 0 saturated carbocycles. The van der Waals surface area contributed by atoms with Crippen molar-refractivity contribution in [1.82, 2.24) is 20.4 Å². The highest BCUT2D eigenvalue weighted by atomic mass is 16.5. The van der Waals surface area contributed by atoms with Crippen molar-refractivity contribution in [1.29, 1.82) is 0 Å². The second-order valence-electron chi connectivity index (χ2n) is 6.86. The Labute approximate surface area is 185 Å². The van der Waals surface area contributed by atoms with Crippen LogP contribution in [0, 0.1) is 0 Å². The standard InChI is InChI=1S/C24H22N4O4/c1-2-14-30-20-7-3-4-8-21(20)31-24-18(6-5-11-26-24)16-27-23(29)19-15-22(32-28-19)17-9-12-25-13-10-17/h3-13,15H,2,14,16H2,1H3,(H,27,29). The Morgan fingerprint density at radius 2 is 1.84 bits per heavy atom. The summed E-state index contributed by atoms with van der Waals surface area (Å²) < 4.78 is 17.0. The lowest BCUT2D eigenvalue weighted by Gasteiger charge is -2.13. The van der Waals surface area contributed by atoms with E-state index in [1.54, 1.807) is 42.9 Å². The third kappa shape index (κ3) is 5.10. The van der Waals surface area contributed by atoms with E-state index in [-0.39, 0.29) is 18.1 Å². The van der Waals surface area contributed by atoms with Crippen LogP contribution in [0.2, 0.25) is 0 Å². The van der Waals surface area contributed by atoms with Gasteiger partial charge in [0.25, 0.3) is 5.91 Å². The van der Waals surface area contributed by atoms with Crippen molar-refractivity contribution in [3.05, 3.63) is 84.4 Å². The van der Waals surface area contributed by atoms with Gasteiger partial charge in [-0.05, 0) is 36.8 Å². The Hall–Kier alpha value is -4.20. The molecule has 1 aromatic carbocycles. The predicted octanol–water partition coefficient (Wildman–Crippen LogP) is 4.64. The summed E-state index contributed by atoms with van der Waals surface area (Å²) in [4.78, 5) is 20.9. The molecule has 0 spiro atoms. The Bertz CT molecular complexity index is 1180. The van der Waals surface area contributed by atoms with Crippen LogP contribution in [0.5, 0.6) is 17.4 Å². The Kier molecular flexibility index (Phi) is 6.72. The maximum absolute atomic E-state index is 12.6. The quantitative estimate of drug-likeness (QED) is 0.413. The largest absolute Gasteiger partial charge is 0.490 e. The van der Waals surface area contributed by atoms with Crippen LogP contribution in [0.15, 0.2) is 77.7 Å². The Morgan fingerprint density at radius 1 is 1.03 bits per heavy atom. The van der Waals surface area contributed by atoms with Gasteiger partial charge in [0.2, 0.25) is 5.88 Å². The van der Waals surface area contributed by atoms with Crippen molar-refractivity contribution >= 4 is 5.91 Å². The van der Waals surface area contributed by atoms with E-state index in [2.05, 4.69) is 20.4 Å². The molecule has 3 heterocycles. The van der Waals surface area contributed by atoms with Gasteiger partial charge >= 0.3 is 0 Å². The first-order valence-electron chi connectivity index (χ1n) is 10.2. The lowest BCUT2D eigenvalue weighted by Crippen LogP contribution is -2.23. The van der Waals surface area contributed by atoms with Crippen molar-refractivity contribution in [2.24, 2.45) is 0 Å². The summed E-state index contributed by atoms with van der Waals surface area (Å²) in [7, 11) is 0. The number of pyridine rings is 2. The van der Waals surface area contributed by atoms with E-state index in [1.165, 1.54) is 0 Å². The number of para-hydroxylation sites is 2. The number of hydrogen-bond donors (Lipinski definition) is 1. The molecular weight excluding hydrogens is 408 g/mol. The van der Waals surface area contributed by atoms with Gasteiger partial charge in [-0.15, -0.1) is 0 Å². The fourth-order valence-electron chi connectivity index (χ4n) is 2.92. The van der Waals surface area contributed by atoms with Crippen molar-refractivity contribution in [2.45, 2.75) is 19.9 Å². The molecule has 1 amide bonds. The first-order chi connectivity index (χ1) is 15.7. The molecule has 0 aliphatic rings. The average molecular weight is 430 g/mol. The van der Waals surface area contributed by atoms with Gasteiger partial charge < -0.3 is 19.3 Å². The number of benzene rings is 1. The highest BCUT2D eigenvalue weighted by molar-refractivity contribution is 5.93. The Balaban J connectivity index is 1.44. The van der Waals surface area contributed by atoms with Gasteiger partial charge in [-0.2, -0.15) is 0 Å². The van der Waals surface area contributed by atoms with Crippen LogP contribution in [-0.4, -0.2) is 27.6 Å². The summed E-state index contributed by atoms with van der Waals surface area (Å²) in [5, 5.41) is 6.69. The molecule has 0 unspecified atom stereocenters. The van der Waals surface area contributed by atoms with E-state index in [0.717, 1.165) is 12.0 Å². The van der Waals surface area contributed by atoms with E-state index in [4.69, 9.17) is 14.0 Å². The topological polar surface area (TPSA) is 99.4 Å². The number of nitrogens with zero attached hydrogens (tertiary/aromatic N) is 3. The molecule has 0 radical (unpaired) electrons. The average Bonchev–Trinajstić information content (AvgIpc) is 3.34. The molecule has 0 aliphatic carbocycles. The molecule has 1 N–H and O–H groups in total. The van der Waals surface area contributed by atoms with E-state index < -0.39 is 0 Å². The number of amides is 1. The molecule has 4 aromatic rings. The van der Waals surface area contributed by atoms with E-state index in [9.17, 15) is 4.79 Å². The number of nitrogens with one attached hydrogen (secondary N) is 1. The highest BCUT2D eigenvalue weighted by Crippen LogP contribution is 2.32. The third-order valence-corrected chi connectivity index (χ3v) is 4.51. The molecule has 0 aliphatic heterocycles. The van der Waals surface area contributed by atoms with Crippen LogP contribution < -0.4 is 14.8 Å². The summed E-state index contributed by atoms with van der Waals surface area (Å²) in [5.41, 5.74) is 1.68. The van der Waals surface area contributed by atoms with Crippen LogP contribution in [0.4, 0.5) is 0 Å². The number of ether oxygens (including phenoxy) is 2. The minimum Gasteiger partial charge on any atom is -0.490 e. The van der Waals surface area contributed by atoms with Gasteiger partial charge in [-0.25, -0.2) is 4.98 Å². The smallest absolute Gasteiger partial charge is 0.273 e. The molecule has 0 saturated heterocycles. The molecule has 0 fully saturated rings. The minimum atomic E-state index is -0.365. The molecule has 0 bridgehead atoms. The van der Waals surface area contributed by atoms with Gasteiger partial charge in [-0.3, -0.25) is 9.78 Å². The zero-order valence-electron chi connectivity index (χ0n) is 17.5. The second-order valence-corrected chi connectivity index (χ2v) is 6.86. The van der Waals surface area contributed by atoms with Crippen LogP contribution in [-0.2, 0) is 6.54 Å². The molecule has 162 valence electrons. The number of aromatic nitrogens is 3. The molecule has 8 heteroatoms. The predicted molar refractivity (Wildman–Crippen MR) is 117 cm³/mol. The summed E-state index contributed by atoms with van der Waals surface area (Å²) in [6.07, 6.45) is 5.81. The highest BCUT2D eigenvalue weighted by Gasteiger charge is 2.15. The van der Waals surface area contributed by atoms with Crippen LogP contribution in [0.1, 0.15) is 29.4 Å². The molecule has 8 nitrogen and oxygen atoms in total.